The van der Waals surface area contributed by atoms with Crippen LogP contribution in [0.15, 0.2) is 24.3 Å². The fourth-order valence-electron chi connectivity index (χ4n) is 2.38. The molecule has 160 valence electrons. The van der Waals surface area contributed by atoms with Crippen LogP contribution in [-0.4, -0.2) is 45.8 Å². The number of ether oxygens (including phenoxy) is 1. The minimum absolute atomic E-state index is 0.0715. The van der Waals surface area contributed by atoms with Gasteiger partial charge in [-0.3, -0.25) is 4.79 Å². The van der Waals surface area contributed by atoms with E-state index in [2.05, 4.69) is 35.7 Å². The van der Waals surface area contributed by atoms with E-state index in [9.17, 15) is 17.6 Å². The van der Waals surface area contributed by atoms with Crippen molar-refractivity contribution in [1.82, 2.24) is 19.6 Å². The first kappa shape index (κ1) is 22.5. The molecule has 0 atom stereocenters. The summed E-state index contributed by atoms with van der Waals surface area (Å²) in [5.41, 5.74) is -0.318. The number of carbonyl (C=O) groups excluding carboxylic acids is 1. The molecular formula is C15H12BrCl2FN6O4S. The molecule has 2 heterocycles. The number of para-hydroxylation sites is 1. The Labute approximate surface area is 188 Å². The highest BCUT2D eigenvalue weighted by Gasteiger charge is 2.33. The maximum atomic E-state index is 13.7. The third-order valence-corrected chi connectivity index (χ3v) is 5.88. The molecule has 0 saturated heterocycles. The van der Waals surface area contributed by atoms with E-state index in [1.807, 2.05) is 0 Å². The molecule has 10 nitrogen and oxygen atoms in total. The molecule has 0 radical (unpaired) electrons. The fourth-order valence-corrected chi connectivity index (χ4v) is 4.64. The van der Waals surface area contributed by atoms with E-state index in [-0.39, 0.29) is 39.3 Å². The van der Waals surface area contributed by atoms with Crippen LogP contribution >= 0.6 is 39.1 Å². The van der Waals surface area contributed by atoms with Gasteiger partial charge in [-0.2, -0.15) is 31.6 Å². The van der Waals surface area contributed by atoms with Crippen molar-refractivity contribution in [3.05, 3.63) is 40.3 Å². The standard InChI is InChI=1S/C15H12BrCl2FN6O4S/c1-2-29-15-20-10(19)6-11-21-14(22-24(11)15)23-30(27,28)25(12(26)7-16)13-8(17)4-3-5-9(13)18/h3-6H,2,7H2,1H3,(H,22,23). The number of anilines is 2. The zero-order valence-electron chi connectivity index (χ0n) is 15.0. The number of alkyl halides is 1. The van der Waals surface area contributed by atoms with Gasteiger partial charge in [0.05, 0.1) is 27.7 Å². The molecule has 0 saturated carbocycles. The number of hydrogen-bond acceptors (Lipinski definition) is 7. The van der Waals surface area contributed by atoms with Crippen molar-refractivity contribution < 1.29 is 22.3 Å². The predicted molar refractivity (Wildman–Crippen MR) is 112 cm³/mol. The molecule has 0 unspecified atom stereocenters. The van der Waals surface area contributed by atoms with Crippen molar-refractivity contribution in [2.75, 3.05) is 21.0 Å². The van der Waals surface area contributed by atoms with Crippen molar-refractivity contribution in [2.45, 2.75) is 6.92 Å². The van der Waals surface area contributed by atoms with Gasteiger partial charge in [0, 0.05) is 6.07 Å². The Morgan fingerprint density at radius 1 is 1.33 bits per heavy atom. The lowest BCUT2D eigenvalue weighted by Gasteiger charge is -2.23. The number of aromatic nitrogens is 4. The topological polar surface area (TPSA) is 119 Å². The Bertz CT molecular complexity index is 1210. The van der Waals surface area contributed by atoms with E-state index in [1.165, 1.54) is 18.2 Å². The molecule has 0 aliphatic rings. The van der Waals surface area contributed by atoms with Gasteiger partial charge in [-0.1, -0.05) is 45.2 Å². The first-order valence-electron chi connectivity index (χ1n) is 8.10. The van der Waals surface area contributed by atoms with E-state index >= 15 is 0 Å². The van der Waals surface area contributed by atoms with E-state index in [0.717, 1.165) is 10.6 Å². The van der Waals surface area contributed by atoms with Crippen LogP contribution in [0.25, 0.3) is 5.65 Å². The number of nitrogens with one attached hydrogen (secondary N) is 1. The lowest BCUT2D eigenvalue weighted by Crippen LogP contribution is -2.42. The van der Waals surface area contributed by atoms with E-state index < -0.39 is 28.0 Å². The molecule has 2 aromatic heterocycles. The number of nitrogens with zero attached hydrogens (tertiary/aromatic N) is 5. The average Bonchev–Trinajstić information content (AvgIpc) is 3.05. The zero-order valence-corrected chi connectivity index (χ0v) is 18.9. The molecule has 0 aliphatic heterocycles. The Hall–Kier alpha value is -2.22. The van der Waals surface area contributed by atoms with Gasteiger partial charge in [0.2, 0.25) is 5.95 Å². The lowest BCUT2D eigenvalue weighted by atomic mass is 10.3. The van der Waals surface area contributed by atoms with Crippen LogP contribution in [0.4, 0.5) is 16.0 Å². The molecule has 0 spiro atoms. The monoisotopic (exact) mass is 540 g/mol. The van der Waals surface area contributed by atoms with Crippen molar-refractivity contribution in [2.24, 2.45) is 0 Å². The van der Waals surface area contributed by atoms with Crippen LogP contribution in [-0.2, 0) is 15.0 Å². The van der Waals surface area contributed by atoms with Crippen LogP contribution < -0.4 is 13.8 Å². The van der Waals surface area contributed by atoms with Gasteiger partial charge < -0.3 is 4.74 Å². The summed E-state index contributed by atoms with van der Waals surface area (Å²) in [5.74, 6) is -2.24. The quantitative estimate of drug-likeness (QED) is 0.360. The molecule has 3 aromatic rings. The summed E-state index contributed by atoms with van der Waals surface area (Å²) >= 11 is 15.1. The molecule has 15 heteroatoms. The second-order valence-corrected chi connectivity index (χ2v) is 8.36. The SMILES string of the molecule is CCOc1nc(F)cc2nc(NS(=O)(=O)N(C(=O)CBr)c3c(Cl)cccc3Cl)nn12. The van der Waals surface area contributed by atoms with E-state index in [0.29, 0.717) is 4.31 Å². The summed E-state index contributed by atoms with van der Waals surface area (Å²) in [7, 11) is -4.63. The summed E-state index contributed by atoms with van der Waals surface area (Å²) < 4.78 is 48.3. The van der Waals surface area contributed by atoms with Crippen LogP contribution in [0, 0.1) is 5.95 Å². The predicted octanol–water partition coefficient (Wildman–Crippen LogP) is 3.05. The van der Waals surface area contributed by atoms with E-state index in [1.54, 1.807) is 6.92 Å². The molecule has 0 fully saturated rings. The Morgan fingerprint density at radius 3 is 2.60 bits per heavy atom. The summed E-state index contributed by atoms with van der Waals surface area (Å²) in [6.07, 6.45) is 0. The molecule has 0 bridgehead atoms. The lowest BCUT2D eigenvalue weighted by molar-refractivity contribution is -0.114. The number of halogens is 4. The van der Waals surface area contributed by atoms with Crippen molar-refractivity contribution in [3.8, 4) is 6.01 Å². The van der Waals surface area contributed by atoms with Gasteiger partial charge in [0.15, 0.2) is 5.65 Å². The summed E-state index contributed by atoms with van der Waals surface area (Å²) in [6, 6.07) is 4.94. The molecule has 3 rings (SSSR count). The van der Waals surface area contributed by atoms with Crippen molar-refractivity contribution >= 4 is 72.5 Å². The fraction of sp³-hybridized carbons (Fsp3) is 0.200. The average molecular weight is 542 g/mol. The van der Waals surface area contributed by atoms with Gasteiger partial charge >= 0.3 is 16.2 Å². The first-order chi connectivity index (χ1) is 14.2. The maximum absolute atomic E-state index is 13.7. The van der Waals surface area contributed by atoms with Crippen LogP contribution in [0.5, 0.6) is 6.01 Å². The summed E-state index contributed by atoms with van der Waals surface area (Å²) in [4.78, 5) is 19.9. The molecule has 30 heavy (non-hydrogen) atoms. The van der Waals surface area contributed by atoms with Crippen LogP contribution in [0.2, 0.25) is 10.0 Å². The zero-order chi connectivity index (χ0) is 22.1. The smallest absolute Gasteiger partial charge is 0.333 e. The Morgan fingerprint density at radius 2 is 2.00 bits per heavy atom. The minimum Gasteiger partial charge on any atom is -0.464 e. The second kappa shape index (κ2) is 8.88. The van der Waals surface area contributed by atoms with Gasteiger partial charge in [0.25, 0.3) is 11.9 Å². The molecule has 0 aliphatic carbocycles. The number of benzene rings is 1. The summed E-state index contributed by atoms with van der Waals surface area (Å²) in [6.45, 7) is 1.81. The highest BCUT2D eigenvalue weighted by Crippen LogP contribution is 2.35. The van der Waals surface area contributed by atoms with Gasteiger partial charge in [-0.25, -0.2) is 4.72 Å². The normalized spacial score (nSPS) is 11.5. The number of amides is 1. The number of fused-ring (bicyclic) bond motifs is 1. The number of rotatable bonds is 7. The second-order valence-electron chi connectivity index (χ2n) is 5.47. The van der Waals surface area contributed by atoms with E-state index in [4.69, 9.17) is 27.9 Å². The summed E-state index contributed by atoms with van der Waals surface area (Å²) in [5, 5.41) is 3.41. The van der Waals surface area contributed by atoms with Crippen molar-refractivity contribution in [3.63, 3.8) is 0 Å². The Kier molecular flexibility index (Phi) is 6.65. The number of carbonyl (C=O) groups is 1. The van der Waals surface area contributed by atoms with Gasteiger partial charge in [-0.15, -0.1) is 5.10 Å². The van der Waals surface area contributed by atoms with Crippen LogP contribution in [0.3, 0.4) is 0 Å². The highest BCUT2D eigenvalue weighted by atomic mass is 79.9. The first-order valence-corrected chi connectivity index (χ1v) is 11.4. The molecule has 1 aromatic carbocycles. The maximum Gasteiger partial charge on any atom is 0.333 e. The Balaban J connectivity index is 2.07. The third-order valence-electron chi connectivity index (χ3n) is 3.48. The largest absolute Gasteiger partial charge is 0.464 e. The molecule has 1 amide bonds. The van der Waals surface area contributed by atoms with Crippen LogP contribution in [0.1, 0.15) is 6.92 Å². The third kappa shape index (κ3) is 4.43. The highest BCUT2D eigenvalue weighted by molar-refractivity contribution is 9.09. The molecule has 1 N–H and O–H groups in total. The minimum atomic E-state index is -4.63. The van der Waals surface area contributed by atoms with Gasteiger partial charge in [-0.05, 0) is 19.1 Å². The molecular weight excluding hydrogens is 530 g/mol. The van der Waals surface area contributed by atoms with Gasteiger partial charge in [0.1, 0.15) is 0 Å². The van der Waals surface area contributed by atoms with Crippen molar-refractivity contribution in [1.29, 1.82) is 0 Å². The number of hydrogen-bond donors (Lipinski definition) is 1.